The molecule has 1 aromatic heterocycles. The third-order valence-electron chi connectivity index (χ3n) is 5.53. The van der Waals surface area contributed by atoms with E-state index < -0.39 is 5.91 Å². The molecule has 2 N–H and O–H groups in total. The molecule has 135 valence electrons. The zero-order valence-electron chi connectivity index (χ0n) is 15.6. The number of primary amides is 1. The van der Waals surface area contributed by atoms with Crippen LogP contribution in [0.25, 0.3) is 32.6 Å². The molecule has 0 fully saturated rings. The zero-order valence-corrected chi connectivity index (χ0v) is 15.6. The van der Waals surface area contributed by atoms with Crippen molar-refractivity contribution in [3.05, 3.63) is 95.6 Å². The van der Waals surface area contributed by atoms with Gasteiger partial charge >= 0.3 is 0 Å². The molecule has 3 heteroatoms. The van der Waals surface area contributed by atoms with Gasteiger partial charge < -0.3 is 10.3 Å². The minimum absolute atomic E-state index is 0.414. The number of benzene rings is 4. The minimum atomic E-state index is -0.414. The lowest BCUT2D eigenvalue weighted by molar-refractivity contribution is 0.100. The van der Waals surface area contributed by atoms with Crippen LogP contribution in [0.5, 0.6) is 0 Å². The molecule has 0 atom stereocenters. The Labute approximate surface area is 163 Å². The average molecular weight is 363 g/mol. The van der Waals surface area contributed by atoms with Crippen LogP contribution in [0.3, 0.4) is 0 Å². The summed E-state index contributed by atoms with van der Waals surface area (Å²) in [6, 6.07) is 27.8. The van der Waals surface area contributed by atoms with Crippen LogP contribution in [0, 0.1) is 13.0 Å². The molecule has 5 aromatic rings. The molecule has 5 rings (SSSR count). The van der Waals surface area contributed by atoms with Gasteiger partial charge in [-0.25, -0.2) is 0 Å². The molecule has 1 radical (unpaired) electrons. The maximum Gasteiger partial charge on any atom is 0.249 e. The van der Waals surface area contributed by atoms with Crippen LogP contribution in [-0.4, -0.2) is 10.5 Å². The molecule has 1 amide bonds. The predicted octanol–water partition coefficient (Wildman–Crippen LogP) is 5.20. The third-order valence-corrected chi connectivity index (χ3v) is 5.53. The molecular weight excluding hydrogens is 344 g/mol. The monoisotopic (exact) mass is 363 g/mol. The summed E-state index contributed by atoms with van der Waals surface area (Å²) in [5, 5.41) is 4.33. The fourth-order valence-electron chi connectivity index (χ4n) is 4.21. The van der Waals surface area contributed by atoms with Gasteiger partial charge in [-0.1, -0.05) is 54.6 Å². The number of aromatic nitrogens is 1. The molecule has 4 aromatic carbocycles. The van der Waals surface area contributed by atoms with Gasteiger partial charge in [-0.2, -0.15) is 0 Å². The van der Waals surface area contributed by atoms with Crippen molar-refractivity contribution in [2.45, 2.75) is 13.5 Å². The highest BCUT2D eigenvalue weighted by molar-refractivity contribution is 6.17. The summed E-state index contributed by atoms with van der Waals surface area (Å²) in [6.45, 7) is 2.85. The van der Waals surface area contributed by atoms with Crippen molar-refractivity contribution in [3.8, 4) is 0 Å². The fourth-order valence-corrected chi connectivity index (χ4v) is 4.21. The van der Waals surface area contributed by atoms with Gasteiger partial charge in [0.1, 0.15) is 0 Å². The van der Waals surface area contributed by atoms with Crippen molar-refractivity contribution in [2.24, 2.45) is 5.73 Å². The highest BCUT2D eigenvalue weighted by atomic mass is 16.1. The number of rotatable bonds is 3. The van der Waals surface area contributed by atoms with Crippen LogP contribution < -0.4 is 5.73 Å². The predicted molar refractivity (Wildman–Crippen MR) is 115 cm³/mol. The Balaban J connectivity index is 1.82. The second-order valence-electron chi connectivity index (χ2n) is 7.17. The second kappa shape index (κ2) is 6.24. The first kappa shape index (κ1) is 16.6. The molecule has 0 aliphatic carbocycles. The van der Waals surface area contributed by atoms with Crippen molar-refractivity contribution in [1.29, 1.82) is 0 Å². The summed E-state index contributed by atoms with van der Waals surface area (Å²) in [4.78, 5) is 12.0. The van der Waals surface area contributed by atoms with Crippen LogP contribution in [0.4, 0.5) is 0 Å². The quantitative estimate of drug-likeness (QED) is 0.470. The van der Waals surface area contributed by atoms with Gasteiger partial charge in [0.15, 0.2) is 0 Å². The lowest BCUT2D eigenvalue weighted by Crippen LogP contribution is -2.11. The Morgan fingerprint density at radius 1 is 0.929 bits per heavy atom. The zero-order chi connectivity index (χ0) is 19.3. The molecule has 0 saturated heterocycles. The van der Waals surface area contributed by atoms with Gasteiger partial charge in [0, 0.05) is 22.9 Å². The maximum absolute atomic E-state index is 12.0. The highest BCUT2D eigenvalue weighted by Crippen LogP contribution is 2.33. The summed E-state index contributed by atoms with van der Waals surface area (Å²) >= 11 is 0. The lowest BCUT2D eigenvalue weighted by Gasteiger charge is -2.12. The van der Waals surface area contributed by atoms with Crippen LogP contribution in [0.1, 0.15) is 21.5 Å². The first-order chi connectivity index (χ1) is 13.6. The van der Waals surface area contributed by atoms with Gasteiger partial charge in [0.05, 0.1) is 11.0 Å². The molecule has 28 heavy (non-hydrogen) atoms. The molecular formula is C25H19N2O. The molecule has 0 spiro atoms. The van der Waals surface area contributed by atoms with Crippen LogP contribution in [0.15, 0.2) is 72.8 Å². The summed E-state index contributed by atoms with van der Waals surface area (Å²) < 4.78 is 2.25. The van der Waals surface area contributed by atoms with E-state index >= 15 is 0 Å². The van der Waals surface area contributed by atoms with Crippen LogP contribution in [-0.2, 0) is 6.54 Å². The summed E-state index contributed by atoms with van der Waals surface area (Å²) in [5.74, 6) is -0.414. The van der Waals surface area contributed by atoms with E-state index in [2.05, 4.69) is 60.0 Å². The lowest BCUT2D eigenvalue weighted by atomic mass is 10.0. The number of hydrogen-bond donors (Lipinski definition) is 1. The summed E-state index contributed by atoms with van der Waals surface area (Å²) in [6.07, 6.45) is 0. The Hall–Kier alpha value is -3.59. The Morgan fingerprint density at radius 2 is 1.71 bits per heavy atom. The standard InChI is InChI=1S/C25H19N2O/c1-16-13-14-17(19-8-3-2-7-18(16)19)15-27-22-11-5-4-9-20(22)24-21(25(26)28)10-6-12-23(24)27/h2-8,10-14H,15H2,1H3,(H2,26,28). The summed E-state index contributed by atoms with van der Waals surface area (Å²) in [7, 11) is 0. The van der Waals surface area contributed by atoms with E-state index in [9.17, 15) is 4.79 Å². The first-order valence-corrected chi connectivity index (χ1v) is 9.34. The largest absolute Gasteiger partial charge is 0.366 e. The third kappa shape index (κ3) is 2.40. The van der Waals surface area contributed by atoms with Crippen molar-refractivity contribution in [3.63, 3.8) is 0 Å². The van der Waals surface area contributed by atoms with E-state index in [0.29, 0.717) is 12.1 Å². The number of carbonyl (C=O) groups excluding carboxylic acids is 1. The van der Waals surface area contributed by atoms with Crippen molar-refractivity contribution in [2.75, 3.05) is 0 Å². The van der Waals surface area contributed by atoms with Crippen molar-refractivity contribution >= 4 is 38.5 Å². The SMILES string of the molecule is Cc1ccc(Cn2c3ccc[c]c3c3c(C(N)=O)cccc32)c2ccccc12. The Bertz CT molecular complexity index is 1380. The molecule has 0 saturated carbocycles. The Kier molecular flexibility index (Phi) is 3.69. The van der Waals surface area contributed by atoms with Crippen molar-refractivity contribution in [1.82, 2.24) is 4.57 Å². The minimum Gasteiger partial charge on any atom is -0.366 e. The molecule has 0 unspecified atom stereocenters. The normalized spacial score (nSPS) is 11.5. The number of nitrogens with two attached hydrogens (primary N) is 1. The van der Waals surface area contributed by atoms with Crippen LogP contribution >= 0.6 is 0 Å². The van der Waals surface area contributed by atoms with Gasteiger partial charge in [-0.3, -0.25) is 4.79 Å². The number of aryl methyl sites for hydroxylation is 1. The van der Waals surface area contributed by atoms with E-state index in [1.54, 1.807) is 6.07 Å². The number of carbonyl (C=O) groups is 1. The van der Waals surface area contributed by atoms with Gasteiger partial charge in [0.2, 0.25) is 5.91 Å². The van der Waals surface area contributed by atoms with E-state index in [4.69, 9.17) is 5.73 Å². The summed E-state index contributed by atoms with van der Waals surface area (Å²) in [5.41, 5.74) is 10.8. The average Bonchev–Trinajstić information content (AvgIpc) is 3.04. The number of amides is 1. The van der Waals surface area contributed by atoms with E-state index in [1.807, 2.05) is 24.3 Å². The van der Waals surface area contributed by atoms with E-state index in [0.717, 1.165) is 21.8 Å². The van der Waals surface area contributed by atoms with Gasteiger partial charge in [0.25, 0.3) is 0 Å². The first-order valence-electron chi connectivity index (χ1n) is 9.34. The van der Waals surface area contributed by atoms with Gasteiger partial charge in [-0.15, -0.1) is 0 Å². The Morgan fingerprint density at radius 3 is 2.54 bits per heavy atom. The van der Waals surface area contributed by atoms with E-state index in [-0.39, 0.29) is 0 Å². The number of hydrogen-bond acceptors (Lipinski definition) is 1. The second-order valence-corrected chi connectivity index (χ2v) is 7.17. The number of fused-ring (bicyclic) bond motifs is 4. The molecule has 1 heterocycles. The van der Waals surface area contributed by atoms with Crippen molar-refractivity contribution < 1.29 is 4.79 Å². The molecule has 0 bridgehead atoms. The van der Waals surface area contributed by atoms with Gasteiger partial charge in [-0.05, 0) is 53.1 Å². The topological polar surface area (TPSA) is 48.0 Å². The molecule has 3 nitrogen and oxygen atoms in total. The van der Waals surface area contributed by atoms with Crippen LogP contribution in [0.2, 0.25) is 0 Å². The molecule has 0 aliphatic rings. The molecule has 0 aliphatic heterocycles. The van der Waals surface area contributed by atoms with E-state index in [1.165, 1.54) is 21.9 Å². The maximum atomic E-state index is 12.0. The number of nitrogens with zero attached hydrogens (tertiary/aromatic N) is 1. The highest BCUT2D eigenvalue weighted by Gasteiger charge is 2.17. The fraction of sp³-hybridized carbons (Fsp3) is 0.0800. The smallest absolute Gasteiger partial charge is 0.249 e.